The fourth-order valence-corrected chi connectivity index (χ4v) is 6.02. The van der Waals surface area contributed by atoms with Gasteiger partial charge in [-0.05, 0) is 55.4 Å². The van der Waals surface area contributed by atoms with E-state index < -0.39 is 15.3 Å². The lowest BCUT2D eigenvalue weighted by molar-refractivity contribution is -0.128. The van der Waals surface area contributed by atoms with E-state index in [0.717, 1.165) is 38.5 Å². The Balaban J connectivity index is 1.98. The number of carbonyl (C=O) groups excluding carboxylic acids is 1. The number of nitrogens with two attached hydrogens (primary N) is 1. The maximum absolute atomic E-state index is 13.2. The molecule has 0 heterocycles. The smallest absolute Gasteiger partial charge is 0.225 e. The number of nitrogens with one attached hydrogen (secondary N) is 1. The Bertz CT molecular complexity index is 884. The van der Waals surface area contributed by atoms with Crippen LogP contribution in [0, 0.1) is 10.8 Å². The molecule has 3 N–H and O–H groups in total. The summed E-state index contributed by atoms with van der Waals surface area (Å²) in [4.78, 5) is 12.3. The molecular formula is C24H37FN2O4S. The lowest BCUT2D eigenvalue weighted by Crippen LogP contribution is -2.36. The average molecular weight is 469 g/mol. The molecule has 0 aromatic heterocycles. The molecule has 180 valence electrons. The van der Waals surface area contributed by atoms with E-state index in [1.165, 1.54) is 12.1 Å². The maximum Gasteiger partial charge on any atom is 0.225 e. The molecule has 32 heavy (non-hydrogen) atoms. The van der Waals surface area contributed by atoms with E-state index in [-0.39, 0.29) is 35.1 Å². The zero-order valence-electron chi connectivity index (χ0n) is 19.5. The van der Waals surface area contributed by atoms with Crippen molar-refractivity contribution in [1.29, 1.82) is 0 Å². The van der Waals surface area contributed by atoms with Gasteiger partial charge in [0.05, 0.1) is 17.0 Å². The van der Waals surface area contributed by atoms with Crippen molar-refractivity contribution in [3.8, 4) is 5.75 Å². The number of halogens is 1. The van der Waals surface area contributed by atoms with Gasteiger partial charge in [-0.3, -0.25) is 4.79 Å². The van der Waals surface area contributed by atoms with Gasteiger partial charge >= 0.3 is 0 Å². The minimum atomic E-state index is -3.47. The molecule has 1 aliphatic rings. The molecule has 0 aliphatic heterocycles. The van der Waals surface area contributed by atoms with Crippen LogP contribution < -0.4 is 15.8 Å². The van der Waals surface area contributed by atoms with Crippen molar-refractivity contribution in [1.82, 2.24) is 5.32 Å². The van der Waals surface area contributed by atoms with Crippen molar-refractivity contribution >= 4 is 15.7 Å². The van der Waals surface area contributed by atoms with Crippen LogP contribution in [0.1, 0.15) is 59.3 Å². The molecule has 1 fully saturated rings. The van der Waals surface area contributed by atoms with Crippen LogP contribution in [-0.4, -0.2) is 39.8 Å². The molecule has 0 saturated heterocycles. The van der Waals surface area contributed by atoms with Crippen molar-refractivity contribution in [2.24, 2.45) is 16.6 Å². The summed E-state index contributed by atoms with van der Waals surface area (Å²) in [5, 5.41) is 2.96. The molecule has 2 rings (SSSR count). The van der Waals surface area contributed by atoms with E-state index in [4.69, 9.17) is 10.5 Å². The largest absolute Gasteiger partial charge is 0.489 e. The summed E-state index contributed by atoms with van der Waals surface area (Å²) in [6.07, 6.45) is 5.79. The zero-order valence-corrected chi connectivity index (χ0v) is 20.3. The molecule has 1 aliphatic carbocycles. The molecule has 0 bridgehead atoms. The fraction of sp³-hybridized carbons (Fsp3) is 0.625. The Kier molecular flexibility index (Phi) is 9.28. The highest BCUT2D eigenvalue weighted by atomic mass is 32.2. The number of rotatable bonds is 11. The van der Waals surface area contributed by atoms with Crippen molar-refractivity contribution < 1.29 is 22.3 Å². The molecule has 1 amide bonds. The molecule has 6 nitrogen and oxygen atoms in total. The SMILES string of the molecule is CC(C)(C)C(=O)NCCCC1(CS(=O)(=O)c2ccc(OC/C(=C/F)CN)cc2)CCCC1. The maximum atomic E-state index is 13.2. The molecule has 1 saturated carbocycles. The van der Waals surface area contributed by atoms with Crippen molar-refractivity contribution in [3.05, 3.63) is 36.2 Å². The second kappa shape index (κ2) is 11.3. The van der Waals surface area contributed by atoms with Crippen LogP contribution in [0.5, 0.6) is 5.75 Å². The second-order valence-corrected chi connectivity index (χ2v) is 11.8. The molecule has 8 heteroatoms. The number of hydrogen-bond donors (Lipinski definition) is 2. The molecule has 0 unspecified atom stereocenters. The van der Waals surface area contributed by atoms with Crippen LogP contribution >= 0.6 is 0 Å². The van der Waals surface area contributed by atoms with Gasteiger partial charge in [0.25, 0.3) is 0 Å². The summed E-state index contributed by atoms with van der Waals surface area (Å²) in [6, 6.07) is 6.25. The number of amides is 1. The normalized spacial score (nSPS) is 16.7. The first-order chi connectivity index (χ1) is 15.0. The minimum absolute atomic E-state index is 0.00786. The van der Waals surface area contributed by atoms with Crippen LogP contribution in [0.25, 0.3) is 0 Å². The summed E-state index contributed by atoms with van der Waals surface area (Å²) in [5.74, 6) is 0.574. The summed E-state index contributed by atoms with van der Waals surface area (Å²) in [5.41, 5.74) is 5.05. The van der Waals surface area contributed by atoms with E-state index >= 15 is 0 Å². The van der Waals surface area contributed by atoms with Gasteiger partial charge in [0.1, 0.15) is 12.4 Å². The van der Waals surface area contributed by atoms with Gasteiger partial charge < -0.3 is 15.8 Å². The lowest BCUT2D eigenvalue weighted by atomic mass is 9.83. The van der Waals surface area contributed by atoms with Crippen LogP contribution in [0.3, 0.4) is 0 Å². The van der Waals surface area contributed by atoms with Gasteiger partial charge in [-0.2, -0.15) is 0 Å². The van der Waals surface area contributed by atoms with Gasteiger partial charge in [0.2, 0.25) is 5.91 Å². The number of sulfone groups is 1. The Morgan fingerprint density at radius 2 is 1.84 bits per heavy atom. The lowest BCUT2D eigenvalue weighted by Gasteiger charge is -2.29. The van der Waals surface area contributed by atoms with E-state index in [2.05, 4.69) is 5.32 Å². The molecule has 0 spiro atoms. The van der Waals surface area contributed by atoms with Crippen LogP contribution in [-0.2, 0) is 14.6 Å². The standard InChI is InChI=1S/C24H37FN2O4S/c1-23(2,3)22(28)27-14-6-13-24(11-4-5-12-24)18-32(29,30)21-9-7-20(8-10-21)31-17-19(15-25)16-26/h7-10,15H,4-6,11-14,16-18,26H2,1-3H3,(H,27,28)/b19-15+. The van der Waals surface area contributed by atoms with E-state index in [1.54, 1.807) is 12.1 Å². The van der Waals surface area contributed by atoms with E-state index in [9.17, 15) is 17.6 Å². The Morgan fingerprint density at radius 3 is 2.38 bits per heavy atom. The topological polar surface area (TPSA) is 98.5 Å². The molecule has 1 aromatic carbocycles. The first kappa shape index (κ1) is 26.3. The van der Waals surface area contributed by atoms with Gasteiger partial charge in [0, 0.05) is 24.1 Å². The minimum Gasteiger partial charge on any atom is -0.489 e. The Morgan fingerprint density at radius 1 is 1.22 bits per heavy atom. The predicted octanol–water partition coefficient (Wildman–Crippen LogP) is 4.15. The van der Waals surface area contributed by atoms with Crippen molar-refractivity contribution in [3.63, 3.8) is 0 Å². The molecule has 0 atom stereocenters. The van der Waals surface area contributed by atoms with Gasteiger partial charge in [0.15, 0.2) is 9.84 Å². The van der Waals surface area contributed by atoms with Crippen LogP contribution in [0.15, 0.2) is 41.1 Å². The van der Waals surface area contributed by atoms with Crippen molar-refractivity contribution in [2.75, 3.05) is 25.4 Å². The number of ether oxygens (including phenoxy) is 1. The first-order valence-corrected chi connectivity index (χ1v) is 12.9. The highest BCUT2D eigenvalue weighted by Crippen LogP contribution is 2.44. The molecular weight excluding hydrogens is 431 g/mol. The summed E-state index contributed by atoms with van der Waals surface area (Å²) < 4.78 is 44.4. The quantitative estimate of drug-likeness (QED) is 0.475. The third-order valence-corrected chi connectivity index (χ3v) is 8.02. The fourth-order valence-electron chi connectivity index (χ4n) is 4.06. The number of carbonyl (C=O) groups is 1. The molecule has 1 aromatic rings. The summed E-state index contributed by atoms with van der Waals surface area (Å²) >= 11 is 0. The number of hydrogen-bond acceptors (Lipinski definition) is 5. The van der Waals surface area contributed by atoms with E-state index in [0.29, 0.717) is 24.2 Å². The highest BCUT2D eigenvalue weighted by molar-refractivity contribution is 7.91. The highest BCUT2D eigenvalue weighted by Gasteiger charge is 2.38. The van der Waals surface area contributed by atoms with Gasteiger partial charge in [-0.1, -0.05) is 33.6 Å². The Labute approximate surface area is 191 Å². The monoisotopic (exact) mass is 468 g/mol. The predicted molar refractivity (Wildman–Crippen MR) is 125 cm³/mol. The van der Waals surface area contributed by atoms with Gasteiger partial charge in [-0.15, -0.1) is 0 Å². The zero-order chi connectivity index (χ0) is 23.8. The average Bonchev–Trinajstić information content (AvgIpc) is 3.19. The summed E-state index contributed by atoms with van der Waals surface area (Å²) in [6.45, 7) is 6.26. The van der Waals surface area contributed by atoms with Crippen LogP contribution in [0.2, 0.25) is 0 Å². The van der Waals surface area contributed by atoms with Crippen LogP contribution in [0.4, 0.5) is 4.39 Å². The second-order valence-electron chi connectivity index (χ2n) is 9.81. The van der Waals surface area contributed by atoms with E-state index in [1.807, 2.05) is 20.8 Å². The number of benzene rings is 1. The first-order valence-electron chi connectivity index (χ1n) is 11.2. The third-order valence-electron chi connectivity index (χ3n) is 6.03. The van der Waals surface area contributed by atoms with Gasteiger partial charge in [-0.25, -0.2) is 12.8 Å². The third kappa shape index (κ3) is 7.59. The Hall–Kier alpha value is -1.93. The summed E-state index contributed by atoms with van der Waals surface area (Å²) in [7, 11) is -3.47. The molecule has 0 radical (unpaired) electrons. The van der Waals surface area contributed by atoms with Crippen molar-refractivity contribution in [2.45, 2.75) is 64.2 Å².